The van der Waals surface area contributed by atoms with Gasteiger partial charge in [-0.05, 0) is 18.1 Å². The minimum absolute atomic E-state index is 0.150. The molecule has 0 bridgehead atoms. The van der Waals surface area contributed by atoms with Crippen molar-refractivity contribution in [1.29, 1.82) is 0 Å². The maximum Gasteiger partial charge on any atom is 0.337 e. The van der Waals surface area contributed by atoms with Crippen LogP contribution in [0.5, 0.6) is 0 Å². The summed E-state index contributed by atoms with van der Waals surface area (Å²) in [6, 6.07) is 3.21. The molecule has 0 aromatic carbocycles. The molecule has 64 valence electrons. The largest absolute Gasteiger partial charge is 0.478 e. The molecule has 3 nitrogen and oxygen atoms in total. The molecule has 0 spiro atoms. The molecular formula is C9H11NO2. The quantitative estimate of drug-likeness (QED) is 0.728. The highest BCUT2D eigenvalue weighted by Gasteiger charge is 2.12. The maximum atomic E-state index is 10.7. The van der Waals surface area contributed by atoms with E-state index >= 15 is 0 Å². The van der Waals surface area contributed by atoms with E-state index in [0.717, 1.165) is 0 Å². The zero-order valence-electron chi connectivity index (χ0n) is 7.11. The number of carboxylic acid groups (broad SMARTS) is 1. The maximum absolute atomic E-state index is 10.7. The predicted octanol–water partition coefficient (Wildman–Crippen LogP) is 1.90. The highest BCUT2D eigenvalue weighted by molar-refractivity contribution is 5.88. The van der Waals surface area contributed by atoms with Crippen LogP contribution in [0.3, 0.4) is 0 Å². The minimum Gasteiger partial charge on any atom is -0.478 e. The van der Waals surface area contributed by atoms with Crippen LogP contribution in [0, 0.1) is 0 Å². The fourth-order valence-corrected chi connectivity index (χ4v) is 1.06. The average molecular weight is 165 g/mol. The van der Waals surface area contributed by atoms with E-state index in [2.05, 4.69) is 4.98 Å². The molecule has 0 aliphatic heterocycles. The molecule has 0 saturated carbocycles. The number of rotatable bonds is 2. The fourth-order valence-electron chi connectivity index (χ4n) is 1.06. The molecule has 0 saturated heterocycles. The highest BCUT2D eigenvalue weighted by atomic mass is 16.4. The number of hydrogen-bond donors (Lipinski definition) is 1. The Labute approximate surface area is 71.1 Å². The van der Waals surface area contributed by atoms with Gasteiger partial charge in [-0.2, -0.15) is 0 Å². The lowest BCUT2D eigenvalue weighted by molar-refractivity contribution is 0.0694. The van der Waals surface area contributed by atoms with Gasteiger partial charge in [-0.1, -0.05) is 13.8 Å². The lowest BCUT2D eigenvalue weighted by Gasteiger charge is -2.06. The van der Waals surface area contributed by atoms with Crippen LogP contribution in [0.15, 0.2) is 18.3 Å². The summed E-state index contributed by atoms with van der Waals surface area (Å²) in [5, 5.41) is 8.77. The minimum atomic E-state index is -0.910. The molecule has 1 aromatic rings. The Morgan fingerprint density at radius 1 is 1.58 bits per heavy atom. The van der Waals surface area contributed by atoms with Crippen molar-refractivity contribution >= 4 is 5.97 Å². The van der Waals surface area contributed by atoms with Gasteiger partial charge in [-0.3, -0.25) is 4.98 Å². The zero-order valence-corrected chi connectivity index (χ0v) is 7.11. The van der Waals surface area contributed by atoms with E-state index in [1.807, 2.05) is 13.8 Å². The second-order valence-electron chi connectivity index (χ2n) is 2.90. The summed E-state index contributed by atoms with van der Waals surface area (Å²) in [7, 11) is 0. The average Bonchev–Trinajstić information content (AvgIpc) is 2.04. The summed E-state index contributed by atoms with van der Waals surface area (Å²) in [4.78, 5) is 14.7. The van der Waals surface area contributed by atoms with Gasteiger partial charge in [-0.15, -0.1) is 0 Å². The first-order valence-corrected chi connectivity index (χ1v) is 3.81. The van der Waals surface area contributed by atoms with Gasteiger partial charge < -0.3 is 5.11 Å². The Morgan fingerprint density at radius 2 is 2.25 bits per heavy atom. The normalized spacial score (nSPS) is 10.2. The van der Waals surface area contributed by atoms with Crippen LogP contribution in [-0.2, 0) is 0 Å². The first-order chi connectivity index (χ1) is 5.63. The van der Waals surface area contributed by atoms with Crippen LogP contribution in [0.25, 0.3) is 0 Å². The molecule has 1 rings (SSSR count). The van der Waals surface area contributed by atoms with E-state index in [1.54, 1.807) is 18.3 Å². The van der Waals surface area contributed by atoms with Gasteiger partial charge in [0.25, 0.3) is 0 Å². The fraction of sp³-hybridized carbons (Fsp3) is 0.333. The van der Waals surface area contributed by atoms with Crippen LogP contribution in [0.4, 0.5) is 0 Å². The smallest absolute Gasteiger partial charge is 0.337 e. The second-order valence-corrected chi connectivity index (χ2v) is 2.90. The van der Waals surface area contributed by atoms with Gasteiger partial charge in [0, 0.05) is 6.20 Å². The van der Waals surface area contributed by atoms with Gasteiger partial charge in [0.15, 0.2) is 0 Å². The Hall–Kier alpha value is -1.38. The second kappa shape index (κ2) is 3.34. The molecule has 1 N–H and O–H groups in total. The summed E-state index contributed by atoms with van der Waals surface area (Å²) in [6.07, 6.45) is 1.61. The van der Waals surface area contributed by atoms with Gasteiger partial charge in [-0.25, -0.2) is 4.79 Å². The third-order valence-electron chi connectivity index (χ3n) is 1.62. The molecule has 1 aromatic heterocycles. The molecule has 0 amide bonds. The van der Waals surface area contributed by atoms with Gasteiger partial charge in [0.1, 0.15) is 0 Å². The summed E-state index contributed by atoms with van der Waals surface area (Å²) in [5.74, 6) is -0.760. The van der Waals surface area contributed by atoms with E-state index in [1.165, 1.54) is 0 Å². The molecule has 0 unspecified atom stereocenters. The molecule has 12 heavy (non-hydrogen) atoms. The summed E-state index contributed by atoms with van der Waals surface area (Å²) in [6.45, 7) is 3.85. The molecular weight excluding hydrogens is 154 g/mol. The number of carbonyl (C=O) groups is 1. The van der Waals surface area contributed by atoms with Gasteiger partial charge >= 0.3 is 5.97 Å². The first kappa shape index (κ1) is 8.71. The molecule has 0 fully saturated rings. The molecule has 1 heterocycles. The number of pyridine rings is 1. The van der Waals surface area contributed by atoms with E-state index in [-0.39, 0.29) is 5.92 Å². The van der Waals surface area contributed by atoms with Crippen molar-refractivity contribution in [2.24, 2.45) is 0 Å². The standard InChI is InChI=1S/C9H11NO2/c1-6(2)8-7(9(11)12)4-3-5-10-8/h3-6H,1-2H3,(H,11,12). The number of aromatic carboxylic acids is 1. The monoisotopic (exact) mass is 165 g/mol. The van der Waals surface area contributed by atoms with Crippen molar-refractivity contribution in [3.8, 4) is 0 Å². The van der Waals surface area contributed by atoms with Crippen LogP contribution in [0.1, 0.15) is 35.8 Å². The van der Waals surface area contributed by atoms with Gasteiger partial charge in [0.2, 0.25) is 0 Å². The van der Waals surface area contributed by atoms with E-state index in [4.69, 9.17) is 5.11 Å². The molecule has 0 aliphatic rings. The number of nitrogens with zero attached hydrogens (tertiary/aromatic N) is 1. The Kier molecular flexibility index (Phi) is 2.43. The van der Waals surface area contributed by atoms with Crippen molar-refractivity contribution < 1.29 is 9.90 Å². The van der Waals surface area contributed by atoms with Gasteiger partial charge in [0.05, 0.1) is 11.3 Å². The summed E-state index contributed by atoms with van der Waals surface area (Å²) >= 11 is 0. The van der Waals surface area contributed by atoms with Crippen molar-refractivity contribution in [2.75, 3.05) is 0 Å². The van der Waals surface area contributed by atoms with E-state index in [0.29, 0.717) is 11.3 Å². The van der Waals surface area contributed by atoms with Crippen molar-refractivity contribution in [2.45, 2.75) is 19.8 Å². The van der Waals surface area contributed by atoms with Crippen molar-refractivity contribution in [3.05, 3.63) is 29.6 Å². The number of carboxylic acids is 1. The number of aromatic nitrogens is 1. The molecule has 0 aliphatic carbocycles. The Bertz CT molecular complexity index is 294. The third-order valence-corrected chi connectivity index (χ3v) is 1.62. The first-order valence-electron chi connectivity index (χ1n) is 3.81. The zero-order chi connectivity index (χ0) is 9.14. The van der Waals surface area contributed by atoms with Crippen LogP contribution >= 0.6 is 0 Å². The van der Waals surface area contributed by atoms with E-state index in [9.17, 15) is 4.79 Å². The van der Waals surface area contributed by atoms with Crippen molar-refractivity contribution in [3.63, 3.8) is 0 Å². The lowest BCUT2D eigenvalue weighted by atomic mass is 10.0. The van der Waals surface area contributed by atoms with Crippen LogP contribution < -0.4 is 0 Å². The summed E-state index contributed by atoms with van der Waals surface area (Å²) < 4.78 is 0. The molecule has 0 radical (unpaired) electrons. The molecule has 3 heteroatoms. The Balaban J connectivity index is 3.17. The SMILES string of the molecule is CC(C)c1ncccc1C(=O)O. The third kappa shape index (κ3) is 1.61. The van der Waals surface area contributed by atoms with Crippen LogP contribution in [0.2, 0.25) is 0 Å². The van der Waals surface area contributed by atoms with Crippen LogP contribution in [-0.4, -0.2) is 16.1 Å². The number of hydrogen-bond acceptors (Lipinski definition) is 2. The predicted molar refractivity (Wildman–Crippen MR) is 45.3 cm³/mol. The van der Waals surface area contributed by atoms with Crippen molar-refractivity contribution in [1.82, 2.24) is 4.98 Å². The highest BCUT2D eigenvalue weighted by Crippen LogP contribution is 2.15. The lowest BCUT2D eigenvalue weighted by Crippen LogP contribution is -2.05. The molecule has 0 atom stereocenters. The summed E-state index contributed by atoms with van der Waals surface area (Å²) in [5.41, 5.74) is 0.942. The topological polar surface area (TPSA) is 50.2 Å². The van der Waals surface area contributed by atoms with E-state index < -0.39 is 5.97 Å². The Morgan fingerprint density at radius 3 is 2.67 bits per heavy atom.